The van der Waals surface area contributed by atoms with Gasteiger partial charge in [0.2, 0.25) is 0 Å². The summed E-state index contributed by atoms with van der Waals surface area (Å²) in [5.74, 6) is 5.49. The van der Waals surface area contributed by atoms with Crippen LogP contribution in [0.1, 0.15) is 12.5 Å². The molecule has 2 rings (SSSR count). The zero-order chi connectivity index (χ0) is 10.8. The first-order valence-electron chi connectivity index (χ1n) is 5.02. The molecule has 15 heavy (non-hydrogen) atoms. The SMILES string of the molecule is C=S1CCN([C](C)=[W])Cc2ccccc21. The minimum atomic E-state index is 0.185. The zero-order valence-corrected chi connectivity index (χ0v) is 12.7. The molecule has 0 saturated carbocycles. The van der Waals surface area contributed by atoms with Crippen molar-refractivity contribution in [2.45, 2.75) is 18.4 Å². The van der Waals surface area contributed by atoms with Crippen molar-refractivity contribution in [1.82, 2.24) is 4.90 Å². The van der Waals surface area contributed by atoms with E-state index in [2.05, 4.69) is 42.0 Å². The Labute approximate surface area is 105 Å². The fraction of sp³-hybridized carbons (Fsp3) is 0.333. The van der Waals surface area contributed by atoms with Crippen LogP contribution in [0.2, 0.25) is 0 Å². The quantitative estimate of drug-likeness (QED) is 0.667. The Morgan fingerprint density at radius 1 is 1.47 bits per heavy atom. The van der Waals surface area contributed by atoms with Crippen LogP contribution in [0.4, 0.5) is 0 Å². The number of nitrogens with zero attached hydrogens (tertiary/aromatic N) is 1. The third-order valence-electron chi connectivity index (χ3n) is 2.70. The van der Waals surface area contributed by atoms with Gasteiger partial charge in [0.1, 0.15) is 0 Å². The van der Waals surface area contributed by atoms with Crippen molar-refractivity contribution < 1.29 is 19.4 Å². The van der Waals surface area contributed by atoms with Crippen LogP contribution in [0.15, 0.2) is 29.2 Å². The molecule has 0 N–H and O–H groups in total. The van der Waals surface area contributed by atoms with E-state index in [1.807, 2.05) is 0 Å². The first-order valence-corrected chi connectivity index (χ1v) is 8.05. The molecule has 1 heterocycles. The molecule has 0 fully saturated rings. The van der Waals surface area contributed by atoms with Gasteiger partial charge in [-0.15, -0.1) is 0 Å². The van der Waals surface area contributed by atoms with Gasteiger partial charge in [-0.25, -0.2) is 0 Å². The van der Waals surface area contributed by atoms with Gasteiger partial charge in [-0.1, -0.05) is 0 Å². The van der Waals surface area contributed by atoms with Crippen molar-refractivity contribution in [2.24, 2.45) is 0 Å². The first-order chi connectivity index (χ1) is 7.18. The topological polar surface area (TPSA) is 3.24 Å². The maximum absolute atomic E-state index is 4.29. The van der Waals surface area contributed by atoms with Gasteiger partial charge in [-0.2, -0.15) is 0 Å². The van der Waals surface area contributed by atoms with Crippen LogP contribution in [-0.2, 0) is 25.9 Å². The van der Waals surface area contributed by atoms with Crippen LogP contribution in [0.3, 0.4) is 0 Å². The predicted molar refractivity (Wildman–Crippen MR) is 65.4 cm³/mol. The molecule has 1 unspecified atom stereocenters. The number of hydrogen-bond donors (Lipinski definition) is 0. The van der Waals surface area contributed by atoms with Crippen molar-refractivity contribution in [3.8, 4) is 0 Å². The molecule has 0 aliphatic carbocycles. The van der Waals surface area contributed by atoms with Crippen molar-refractivity contribution in [3.05, 3.63) is 29.8 Å². The third kappa shape index (κ3) is 2.55. The maximum atomic E-state index is 4.29. The average molecular weight is 389 g/mol. The van der Waals surface area contributed by atoms with Gasteiger partial charge in [0.05, 0.1) is 0 Å². The standard InChI is InChI=1S/C12H15NS.W/c1-3-13-8-9-14(2)12-7-5-4-6-11(12)10-13;/h4-7H,2,8-10H2,1H3;. The Bertz CT molecular complexity index is 414. The second kappa shape index (κ2) is 4.86. The second-order valence-electron chi connectivity index (χ2n) is 3.75. The molecule has 1 atom stereocenters. The summed E-state index contributed by atoms with van der Waals surface area (Å²) >= 11 is 1.58. The van der Waals surface area contributed by atoms with E-state index in [0.717, 1.165) is 13.1 Å². The summed E-state index contributed by atoms with van der Waals surface area (Å²) in [6, 6.07) is 8.76. The number of hydrogen-bond acceptors (Lipinski definition) is 1. The molecule has 1 nitrogen and oxygen atoms in total. The van der Waals surface area contributed by atoms with Crippen molar-refractivity contribution in [2.75, 3.05) is 12.3 Å². The molecule has 0 aromatic heterocycles. The summed E-state index contributed by atoms with van der Waals surface area (Å²) in [4.78, 5) is 3.96. The van der Waals surface area contributed by atoms with Gasteiger partial charge in [0, 0.05) is 0 Å². The molecule has 0 radical (unpaired) electrons. The molecule has 3 heteroatoms. The van der Waals surface area contributed by atoms with Gasteiger partial charge in [0.25, 0.3) is 0 Å². The zero-order valence-electron chi connectivity index (χ0n) is 8.90. The molecule has 0 bridgehead atoms. The molecule has 1 aliphatic heterocycles. The van der Waals surface area contributed by atoms with Crippen molar-refractivity contribution in [3.63, 3.8) is 0 Å². The van der Waals surface area contributed by atoms with E-state index >= 15 is 0 Å². The van der Waals surface area contributed by atoms with E-state index in [4.69, 9.17) is 0 Å². The number of fused-ring (bicyclic) bond motifs is 1. The van der Waals surface area contributed by atoms with Gasteiger partial charge < -0.3 is 0 Å². The van der Waals surface area contributed by atoms with E-state index in [0.29, 0.717) is 0 Å². The monoisotopic (exact) mass is 389 g/mol. The Balaban J connectivity index is 2.38. The Kier molecular flexibility index (Phi) is 3.71. The minimum absolute atomic E-state index is 0.185. The van der Waals surface area contributed by atoms with Crippen molar-refractivity contribution in [1.29, 1.82) is 0 Å². The summed E-state index contributed by atoms with van der Waals surface area (Å²) in [6.07, 6.45) is 0. The van der Waals surface area contributed by atoms with Crippen LogP contribution in [-0.4, -0.2) is 27.1 Å². The van der Waals surface area contributed by atoms with Crippen LogP contribution < -0.4 is 0 Å². The molecule has 0 spiro atoms. The molecule has 0 amide bonds. The molecule has 0 saturated heterocycles. The third-order valence-corrected chi connectivity index (χ3v) is 5.32. The van der Waals surface area contributed by atoms with Gasteiger partial charge in [-0.05, 0) is 0 Å². The van der Waals surface area contributed by atoms with E-state index in [9.17, 15) is 0 Å². The summed E-state index contributed by atoms with van der Waals surface area (Å²) in [5.41, 5.74) is 1.47. The normalized spacial score (nSPS) is 21.8. The summed E-state index contributed by atoms with van der Waals surface area (Å²) in [5, 5.41) is 0. The molecule has 1 aromatic carbocycles. The van der Waals surface area contributed by atoms with Crippen LogP contribution in [0.5, 0.6) is 0 Å². The van der Waals surface area contributed by atoms with Crippen LogP contribution in [0.25, 0.3) is 0 Å². The van der Waals surface area contributed by atoms with Gasteiger partial charge in [-0.3, -0.25) is 0 Å². The van der Waals surface area contributed by atoms with Gasteiger partial charge >= 0.3 is 105 Å². The first kappa shape index (κ1) is 11.4. The van der Waals surface area contributed by atoms with E-state index in [1.165, 1.54) is 20.2 Å². The number of benzene rings is 1. The van der Waals surface area contributed by atoms with E-state index in [1.54, 1.807) is 19.4 Å². The van der Waals surface area contributed by atoms with E-state index < -0.39 is 0 Å². The molecule has 80 valence electrons. The Hall–Kier alpha value is -0.0417. The molecular weight excluding hydrogens is 374 g/mol. The fourth-order valence-corrected chi connectivity index (χ4v) is 3.79. The van der Waals surface area contributed by atoms with Crippen molar-refractivity contribution >= 4 is 20.4 Å². The number of rotatable bonds is 1. The average Bonchev–Trinajstić information content (AvgIpc) is 2.39. The fourth-order valence-electron chi connectivity index (χ4n) is 1.80. The Morgan fingerprint density at radius 3 is 2.93 bits per heavy atom. The second-order valence-corrected chi connectivity index (χ2v) is 7.70. The molecule has 1 aromatic rings. The molecule has 1 aliphatic rings. The Morgan fingerprint density at radius 2 is 2.20 bits per heavy atom. The molecular formula is C12H15NSW. The summed E-state index contributed by atoms with van der Waals surface area (Å²) in [7, 11) is 0.185. The summed E-state index contributed by atoms with van der Waals surface area (Å²) < 4.78 is 1.49. The van der Waals surface area contributed by atoms with Crippen LogP contribution in [0, 0.1) is 0 Å². The predicted octanol–water partition coefficient (Wildman–Crippen LogP) is 2.26. The van der Waals surface area contributed by atoms with Gasteiger partial charge in [0.15, 0.2) is 0 Å². The van der Waals surface area contributed by atoms with E-state index in [-0.39, 0.29) is 10.5 Å². The van der Waals surface area contributed by atoms with Crippen LogP contribution >= 0.6 is 10.5 Å². The summed E-state index contributed by atoms with van der Waals surface area (Å²) in [6.45, 7) is 4.46.